The van der Waals surface area contributed by atoms with Crippen molar-refractivity contribution < 1.29 is 12.9 Å². The summed E-state index contributed by atoms with van der Waals surface area (Å²) in [4.78, 5) is 3.95. The van der Waals surface area contributed by atoms with Gasteiger partial charge in [0.05, 0.1) is 12.3 Å². The zero-order valence-corrected chi connectivity index (χ0v) is 8.97. The van der Waals surface area contributed by atoms with Crippen LogP contribution in [0.5, 0.6) is 0 Å². The molecular weight excluding hydrogens is 206 g/mol. The molecule has 14 heavy (non-hydrogen) atoms. The highest BCUT2D eigenvalue weighted by Crippen LogP contribution is 1.94. The van der Waals surface area contributed by atoms with Gasteiger partial charge in [0.15, 0.2) is 5.82 Å². The van der Waals surface area contributed by atoms with E-state index in [1.807, 2.05) is 0 Å². The highest BCUT2D eigenvalue weighted by atomic mass is 32.2. The summed E-state index contributed by atoms with van der Waals surface area (Å²) in [7, 11) is -2.90. The fourth-order valence-corrected chi connectivity index (χ4v) is 1.38. The molecule has 0 aromatic carbocycles. The van der Waals surface area contributed by atoms with Crippen LogP contribution in [0.3, 0.4) is 0 Å². The molecule has 7 heteroatoms. The Balaban J connectivity index is 2.23. The van der Waals surface area contributed by atoms with Crippen molar-refractivity contribution in [2.75, 3.05) is 18.6 Å². The van der Waals surface area contributed by atoms with Crippen molar-refractivity contribution in [3.8, 4) is 0 Å². The van der Waals surface area contributed by atoms with E-state index in [1.54, 1.807) is 6.92 Å². The lowest BCUT2D eigenvalue weighted by Crippen LogP contribution is -2.22. The van der Waals surface area contributed by atoms with Gasteiger partial charge in [-0.25, -0.2) is 8.42 Å². The van der Waals surface area contributed by atoms with Crippen LogP contribution in [0.1, 0.15) is 11.7 Å². The molecule has 0 aliphatic heterocycles. The molecule has 0 saturated carbocycles. The summed E-state index contributed by atoms with van der Waals surface area (Å²) in [6.07, 6.45) is 1.20. The standard InChI is InChI=1S/C7H13N3O3S/c1-6-9-7(13-10-6)5-8-3-4-14(2,11)12/h8H,3-5H2,1-2H3. The molecule has 1 N–H and O–H groups in total. The maximum Gasteiger partial charge on any atom is 0.240 e. The minimum atomic E-state index is -2.90. The number of aryl methyl sites for hydroxylation is 1. The molecule has 0 fully saturated rings. The Labute approximate surface area is 82.6 Å². The van der Waals surface area contributed by atoms with Crippen molar-refractivity contribution in [1.29, 1.82) is 0 Å². The topological polar surface area (TPSA) is 85.1 Å². The lowest BCUT2D eigenvalue weighted by Gasteiger charge is -1.99. The molecule has 0 bridgehead atoms. The second kappa shape index (κ2) is 4.52. The molecule has 0 saturated heterocycles. The van der Waals surface area contributed by atoms with Crippen molar-refractivity contribution >= 4 is 9.84 Å². The first kappa shape index (κ1) is 11.1. The van der Waals surface area contributed by atoms with E-state index in [1.165, 1.54) is 6.26 Å². The fraction of sp³-hybridized carbons (Fsp3) is 0.714. The van der Waals surface area contributed by atoms with Crippen LogP contribution >= 0.6 is 0 Å². The molecule has 0 aliphatic rings. The van der Waals surface area contributed by atoms with Gasteiger partial charge in [0.1, 0.15) is 9.84 Å². The summed E-state index contributed by atoms with van der Waals surface area (Å²) in [5.41, 5.74) is 0. The van der Waals surface area contributed by atoms with Crippen LogP contribution in [0.2, 0.25) is 0 Å². The molecule has 0 unspecified atom stereocenters. The summed E-state index contributed by atoms with van der Waals surface area (Å²) in [6, 6.07) is 0. The minimum absolute atomic E-state index is 0.111. The van der Waals surface area contributed by atoms with E-state index < -0.39 is 9.84 Å². The molecular formula is C7H13N3O3S. The number of rotatable bonds is 5. The van der Waals surface area contributed by atoms with E-state index in [2.05, 4.69) is 15.5 Å². The van der Waals surface area contributed by atoms with E-state index in [9.17, 15) is 8.42 Å². The Morgan fingerprint density at radius 2 is 2.21 bits per heavy atom. The number of nitrogens with one attached hydrogen (secondary N) is 1. The normalized spacial score (nSPS) is 11.9. The van der Waals surface area contributed by atoms with Crippen LogP contribution in [0.25, 0.3) is 0 Å². The number of hydrogen-bond donors (Lipinski definition) is 1. The van der Waals surface area contributed by atoms with Crippen LogP contribution < -0.4 is 5.32 Å². The predicted molar refractivity (Wildman–Crippen MR) is 50.5 cm³/mol. The van der Waals surface area contributed by atoms with Gasteiger partial charge >= 0.3 is 0 Å². The van der Waals surface area contributed by atoms with Gasteiger partial charge in [-0.15, -0.1) is 0 Å². The SMILES string of the molecule is Cc1noc(CNCCS(C)(=O)=O)n1. The molecule has 0 spiro atoms. The molecule has 1 rings (SSSR count). The lowest BCUT2D eigenvalue weighted by atomic mass is 10.6. The first-order valence-corrected chi connectivity index (χ1v) is 6.21. The minimum Gasteiger partial charge on any atom is -0.338 e. The first-order valence-electron chi connectivity index (χ1n) is 4.15. The van der Waals surface area contributed by atoms with E-state index in [4.69, 9.17) is 4.52 Å². The Morgan fingerprint density at radius 3 is 2.71 bits per heavy atom. The van der Waals surface area contributed by atoms with Crippen LogP contribution in [-0.4, -0.2) is 37.1 Å². The Morgan fingerprint density at radius 1 is 1.50 bits per heavy atom. The van der Waals surface area contributed by atoms with Gasteiger partial charge in [-0.3, -0.25) is 0 Å². The van der Waals surface area contributed by atoms with E-state index >= 15 is 0 Å². The maximum absolute atomic E-state index is 10.8. The summed E-state index contributed by atoms with van der Waals surface area (Å²) < 4.78 is 26.3. The van der Waals surface area contributed by atoms with Crippen molar-refractivity contribution in [2.45, 2.75) is 13.5 Å². The molecule has 1 aromatic heterocycles. The molecule has 80 valence electrons. The third-order valence-electron chi connectivity index (χ3n) is 1.50. The van der Waals surface area contributed by atoms with Crippen molar-refractivity contribution in [3.05, 3.63) is 11.7 Å². The third-order valence-corrected chi connectivity index (χ3v) is 2.44. The summed E-state index contributed by atoms with van der Waals surface area (Å²) in [5, 5.41) is 6.50. The first-order chi connectivity index (χ1) is 6.47. The van der Waals surface area contributed by atoms with Crippen LogP contribution in [-0.2, 0) is 16.4 Å². The lowest BCUT2D eigenvalue weighted by molar-refractivity contribution is 0.365. The van der Waals surface area contributed by atoms with Gasteiger partial charge in [-0.05, 0) is 6.92 Å². The highest BCUT2D eigenvalue weighted by Gasteiger charge is 2.03. The molecule has 1 aromatic rings. The zero-order valence-electron chi connectivity index (χ0n) is 8.15. The van der Waals surface area contributed by atoms with Crippen molar-refractivity contribution in [1.82, 2.24) is 15.5 Å². The molecule has 0 radical (unpaired) electrons. The largest absolute Gasteiger partial charge is 0.338 e. The van der Waals surface area contributed by atoms with Gasteiger partial charge in [0, 0.05) is 12.8 Å². The second-order valence-electron chi connectivity index (χ2n) is 3.04. The number of hydrogen-bond acceptors (Lipinski definition) is 6. The molecule has 6 nitrogen and oxygen atoms in total. The van der Waals surface area contributed by atoms with Crippen LogP contribution in [0.4, 0.5) is 0 Å². The Bertz CT molecular complexity index is 385. The molecule has 0 aliphatic carbocycles. The van der Waals surface area contributed by atoms with Gasteiger partial charge < -0.3 is 9.84 Å². The second-order valence-corrected chi connectivity index (χ2v) is 5.30. The van der Waals surface area contributed by atoms with E-state index in [0.29, 0.717) is 24.8 Å². The summed E-state index contributed by atoms with van der Waals surface area (Å²) in [6.45, 7) is 2.51. The summed E-state index contributed by atoms with van der Waals surface area (Å²) in [5.74, 6) is 1.15. The third kappa shape index (κ3) is 4.33. The highest BCUT2D eigenvalue weighted by molar-refractivity contribution is 7.90. The predicted octanol–water partition coefficient (Wildman–Crippen LogP) is -0.488. The van der Waals surface area contributed by atoms with Crippen LogP contribution in [0.15, 0.2) is 4.52 Å². The van der Waals surface area contributed by atoms with Crippen LogP contribution in [0, 0.1) is 6.92 Å². The Kier molecular flexibility index (Phi) is 3.59. The number of nitrogens with zero attached hydrogens (tertiary/aromatic N) is 2. The average molecular weight is 219 g/mol. The molecule has 0 amide bonds. The van der Waals surface area contributed by atoms with Gasteiger partial charge in [0.2, 0.25) is 5.89 Å². The van der Waals surface area contributed by atoms with E-state index in [-0.39, 0.29) is 5.75 Å². The average Bonchev–Trinajstić information content (AvgIpc) is 2.44. The fourth-order valence-electron chi connectivity index (χ4n) is 0.865. The van der Waals surface area contributed by atoms with Gasteiger partial charge in [0.25, 0.3) is 0 Å². The summed E-state index contributed by atoms with van der Waals surface area (Å²) >= 11 is 0. The van der Waals surface area contributed by atoms with Crippen molar-refractivity contribution in [3.63, 3.8) is 0 Å². The maximum atomic E-state index is 10.8. The monoisotopic (exact) mass is 219 g/mol. The number of sulfone groups is 1. The number of aromatic nitrogens is 2. The Hall–Kier alpha value is -0.950. The quantitative estimate of drug-likeness (QED) is 0.673. The van der Waals surface area contributed by atoms with Gasteiger partial charge in [-0.2, -0.15) is 4.98 Å². The van der Waals surface area contributed by atoms with Gasteiger partial charge in [-0.1, -0.05) is 5.16 Å². The van der Waals surface area contributed by atoms with E-state index in [0.717, 1.165) is 0 Å². The molecule has 0 atom stereocenters. The van der Waals surface area contributed by atoms with Crippen molar-refractivity contribution in [2.24, 2.45) is 0 Å². The zero-order chi connectivity index (χ0) is 10.6. The molecule has 1 heterocycles. The smallest absolute Gasteiger partial charge is 0.240 e.